The number of hydrogen-bond donors (Lipinski definition) is 2. The van der Waals surface area contributed by atoms with Crippen LogP contribution in [0.1, 0.15) is 23.7 Å². The SMILES string of the molecule is Cc1c(C2CCNC2)nc2ccc(O)cn12. The van der Waals surface area contributed by atoms with E-state index >= 15 is 0 Å². The van der Waals surface area contributed by atoms with Crippen molar-refractivity contribution in [3.05, 3.63) is 29.7 Å². The molecule has 0 aromatic carbocycles. The normalized spacial score (nSPS) is 20.7. The third kappa shape index (κ3) is 1.38. The summed E-state index contributed by atoms with van der Waals surface area (Å²) in [4.78, 5) is 4.65. The van der Waals surface area contributed by atoms with E-state index in [1.54, 1.807) is 12.3 Å². The van der Waals surface area contributed by atoms with Crippen LogP contribution >= 0.6 is 0 Å². The highest BCUT2D eigenvalue weighted by Crippen LogP contribution is 2.26. The third-order valence-electron chi connectivity index (χ3n) is 3.33. The summed E-state index contributed by atoms with van der Waals surface area (Å²) in [7, 11) is 0. The van der Waals surface area contributed by atoms with E-state index in [0.29, 0.717) is 5.92 Å². The highest BCUT2D eigenvalue weighted by Gasteiger charge is 2.22. The summed E-state index contributed by atoms with van der Waals surface area (Å²) in [6, 6.07) is 3.53. The average molecular weight is 217 g/mol. The molecule has 2 N–H and O–H groups in total. The molecule has 0 bridgehead atoms. The number of aryl methyl sites for hydroxylation is 1. The molecule has 3 rings (SSSR count). The molecule has 4 heteroatoms. The van der Waals surface area contributed by atoms with Gasteiger partial charge in [0, 0.05) is 18.2 Å². The van der Waals surface area contributed by atoms with Gasteiger partial charge in [-0.2, -0.15) is 0 Å². The molecule has 1 aliphatic heterocycles. The lowest BCUT2D eigenvalue weighted by Crippen LogP contribution is -2.08. The molecule has 1 unspecified atom stereocenters. The van der Waals surface area contributed by atoms with Crippen LogP contribution in [0, 0.1) is 6.92 Å². The zero-order valence-electron chi connectivity index (χ0n) is 9.27. The van der Waals surface area contributed by atoms with Crippen LogP contribution in [0.25, 0.3) is 5.65 Å². The Hall–Kier alpha value is -1.55. The lowest BCUT2D eigenvalue weighted by Gasteiger charge is -2.05. The maximum atomic E-state index is 9.47. The fourth-order valence-corrected chi connectivity index (χ4v) is 2.44. The van der Waals surface area contributed by atoms with Gasteiger partial charge in [0.15, 0.2) is 0 Å². The molecule has 0 amide bonds. The molecule has 0 radical (unpaired) electrons. The van der Waals surface area contributed by atoms with Crippen LogP contribution in [0.4, 0.5) is 0 Å². The van der Waals surface area contributed by atoms with Crippen LogP contribution in [-0.4, -0.2) is 27.6 Å². The van der Waals surface area contributed by atoms with Crippen LogP contribution in [0.3, 0.4) is 0 Å². The standard InChI is InChI=1S/C12H15N3O/c1-8-12(9-4-5-13-6-9)14-11-3-2-10(16)7-15(8)11/h2-3,7,9,13,16H,4-6H2,1H3. The summed E-state index contributed by atoms with van der Waals surface area (Å²) in [6.45, 7) is 4.15. The Balaban J connectivity index is 2.15. The van der Waals surface area contributed by atoms with E-state index in [1.165, 1.54) is 0 Å². The maximum absolute atomic E-state index is 9.47. The topological polar surface area (TPSA) is 49.6 Å². The van der Waals surface area contributed by atoms with Crippen molar-refractivity contribution in [3.8, 4) is 5.75 Å². The molecule has 2 aromatic heterocycles. The Morgan fingerprint density at radius 2 is 2.38 bits per heavy atom. The summed E-state index contributed by atoms with van der Waals surface area (Å²) in [5.74, 6) is 0.797. The molecule has 3 heterocycles. The molecule has 0 spiro atoms. The minimum atomic E-state index is 0.282. The second-order valence-electron chi connectivity index (χ2n) is 4.39. The number of rotatable bonds is 1. The highest BCUT2D eigenvalue weighted by atomic mass is 16.3. The third-order valence-corrected chi connectivity index (χ3v) is 3.33. The van der Waals surface area contributed by atoms with Gasteiger partial charge in [0.1, 0.15) is 11.4 Å². The molecule has 16 heavy (non-hydrogen) atoms. The van der Waals surface area contributed by atoms with Crippen molar-refractivity contribution in [2.45, 2.75) is 19.3 Å². The fraction of sp³-hybridized carbons (Fsp3) is 0.417. The van der Waals surface area contributed by atoms with Gasteiger partial charge in [0.25, 0.3) is 0 Å². The number of nitrogens with one attached hydrogen (secondary N) is 1. The van der Waals surface area contributed by atoms with Gasteiger partial charge in [-0.15, -0.1) is 0 Å². The van der Waals surface area contributed by atoms with Crippen LogP contribution in [-0.2, 0) is 0 Å². The minimum absolute atomic E-state index is 0.282. The second-order valence-corrected chi connectivity index (χ2v) is 4.39. The molecule has 1 saturated heterocycles. The molecular weight excluding hydrogens is 202 g/mol. The summed E-state index contributed by atoms with van der Waals surface area (Å²) >= 11 is 0. The van der Waals surface area contributed by atoms with Crippen LogP contribution < -0.4 is 5.32 Å². The zero-order valence-corrected chi connectivity index (χ0v) is 9.27. The Kier molecular flexibility index (Phi) is 2.11. The summed E-state index contributed by atoms with van der Waals surface area (Å²) in [5.41, 5.74) is 3.22. The Bertz CT molecular complexity index is 526. The Morgan fingerprint density at radius 3 is 3.12 bits per heavy atom. The molecule has 2 aromatic rings. The van der Waals surface area contributed by atoms with Crippen molar-refractivity contribution in [1.29, 1.82) is 0 Å². The molecule has 0 aliphatic carbocycles. The van der Waals surface area contributed by atoms with E-state index < -0.39 is 0 Å². The largest absolute Gasteiger partial charge is 0.506 e. The number of imidazole rings is 1. The Labute approximate surface area is 93.9 Å². The van der Waals surface area contributed by atoms with E-state index in [2.05, 4.69) is 17.2 Å². The van der Waals surface area contributed by atoms with Crippen molar-refractivity contribution < 1.29 is 5.11 Å². The minimum Gasteiger partial charge on any atom is -0.506 e. The lowest BCUT2D eigenvalue weighted by molar-refractivity contribution is 0.471. The van der Waals surface area contributed by atoms with E-state index in [9.17, 15) is 5.11 Å². The molecule has 1 fully saturated rings. The highest BCUT2D eigenvalue weighted by molar-refractivity contribution is 5.46. The predicted octanol–water partition coefficient (Wildman–Crippen LogP) is 1.43. The summed E-state index contributed by atoms with van der Waals surface area (Å²) < 4.78 is 1.96. The number of nitrogens with zero attached hydrogens (tertiary/aromatic N) is 2. The molecule has 0 saturated carbocycles. The van der Waals surface area contributed by atoms with Gasteiger partial charge in [0.05, 0.1) is 11.9 Å². The van der Waals surface area contributed by atoms with Crippen molar-refractivity contribution in [1.82, 2.24) is 14.7 Å². The monoisotopic (exact) mass is 217 g/mol. The first-order valence-corrected chi connectivity index (χ1v) is 5.64. The molecule has 1 atom stereocenters. The molecule has 1 aliphatic rings. The number of aromatic hydroxyl groups is 1. The van der Waals surface area contributed by atoms with E-state index in [4.69, 9.17) is 0 Å². The van der Waals surface area contributed by atoms with E-state index in [-0.39, 0.29) is 5.75 Å². The summed E-state index contributed by atoms with van der Waals surface area (Å²) in [6.07, 6.45) is 2.88. The van der Waals surface area contributed by atoms with Gasteiger partial charge in [-0.05, 0) is 32.0 Å². The van der Waals surface area contributed by atoms with Gasteiger partial charge in [-0.3, -0.25) is 0 Å². The van der Waals surface area contributed by atoms with Gasteiger partial charge in [0.2, 0.25) is 0 Å². The van der Waals surface area contributed by atoms with Crippen LogP contribution in [0.2, 0.25) is 0 Å². The van der Waals surface area contributed by atoms with Gasteiger partial charge in [-0.25, -0.2) is 4.98 Å². The molecule has 84 valence electrons. The van der Waals surface area contributed by atoms with Gasteiger partial charge >= 0.3 is 0 Å². The van der Waals surface area contributed by atoms with Crippen molar-refractivity contribution >= 4 is 5.65 Å². The fourth-order valence-electron chi connectivity index (χ4n) is 2.44. The average Bonchev–Trinajstić information content (AvgIpc) is 2.87. The van der Waals surface area contributed by atoms with Gasteiger partial charge in [-0.1, -0.05) is 0 Å². The second kappa shape index (κ2) is 3.49. The first-order chi connectivity index (χ1) is 7.75. The molecule has 4 nitrogen and oxygen atoms in total. The lowest BCUT2D eigenvalue weighted by atomic mass is 10.0. The smallest absolute Gasteiger partial charge is 0.137 e. The predicted molar refractivity (Wildman–Crippen MR) is 61.8 cm³/mol. The van der Waals surface area contributed by atoms with Crippen LogP contribution in [0.5, 0.6) is 5.75 Å². The number of aromatic nitrogens is 2. The summed E-state index contributed by atoms with van der Waals surface area (Å²) in [5, 5.41) is 12.8. The van der Waals surface area contributed by atoms with E-state index in [0.717, 1.165) is 36.5 Å². The molecular formula is C12H15N3O. The van der Waals surface area contributed by atoms with Gasteiger partial charge < -0.3 is 14.8 Å². The zero-order chi connectivity index (χ0) is 11.1. The first kappa shape index (κ1) is 9.66. The van der Waals surface area contributed by atoms with Crippen molar-refractivity contribution in [2.24, 2.45) is 0 Å². The quantitative estimate of drug-likeness (QED) is 0.759. The maximum Gasteiger partial charge on any atom is 0.137 e. The van der Waals surface area contributed by atoms with Crippen LogP contribution in [0.15, 0.2) is 18.3 Å². The van der Waals surface area contributed by atoms with Crippen molar-refractivity contribution in [2.75, 3.05) is 13.1 Å². The first-order valence-electron chi connectivity index (χ1n) is 5.64. The van der Waals surface area contributed by atoms with Crippen molar-refractivity contribution in [3.63, 3.8) is 0 Å². The number of pyridine rings is 1. The Morgan fingerprint density at radius 1 is 1.50 bits per heavy atom. The number of fused-ring (bicyclic) bond motifs is 1. The van der Waals surface area contributed by atoms with E-state index in [1.807, 2.05) is 10.5 Å². The number of hydrogen-bond acceptors (Lipinski definition) is 3.